The van der Waals surface area contributed by atoms with Crippen LogP contribution < -0.4 is 5.32 Å². The number of carbonyl (C=O) groups is 2. The molecule has 7 nitrogen and oxygen atoms in total. The van der Waals surface area contributed by atoms with Crippen LogP contribution in [0, 0.1) is 0 Å². The van der Waals surface area contributed by atoms with Crippen LogP contribution >= 0.6 is 0 Å². The number of aromatic nitrogens is 2. The molecule has 1 N–H and O–H groups in total. The van der Waals surface area contributed by atoms with Crippen LogP contribution in [0.2, 0.25) is 0 Å². The number of rotatable bonds is 5. The Morgan fingerprint density at radius 3 is 2.52 bits per heavy atom. The number of ether oxygens (including phenoxy) is 1. The van der Waals surface area contributed by atoms with Gasteiger partial charge in [-0.25, -0.2) is 0 Å². The van der Waals surface area contributed by atoms with Crippen molar-refractivity contribution in [3.63, 3.8) is 0 Å². The van der Waals surface area contributed by atoms with E-state index in [4.69, 9.17) is 4.74 Å². The van der Waals surface area contributed by atoms with Crippen molar-refractivity contribution in [2.75, 3.05) is 32.1 Å². The molecule has 1 aliphatic rings. The molecular formula is C18H22N4O3. The third-order valence-electron chi connectivity index (χ3n) is 4.61. The summed E-state index contributed by atoms with van der Waals surface area (Å²) in [6.07, 6.45) is 4.48. The number of likely N-dealkylation sites (tertiary alicyclic amines) is 1. The van der Waals surface area contributed by atoms with Crippen molar-refractivity contribution in [2.24, 2.45) is 0 Å². The SMILES string of the molecule is COCC(=O)N1CCC(C(=O)Nc2ccccc2)(n2cccn2)CC1. The molecule has 0 unspecified atom stereocenters. The smallest absolute Gasteiger partial charge is 0.252 e. The van der Waals surface area contributed by atoms with Crippen LogP contribution in [0.5, 0.6) is 0 Å². The average Bonchev–Trinajstić information content (AvgIpc) is 3.18. The van der Waals surface area contributed by atoms with Crippen molar-refractivity contribution in [3.05, 3.63) is 48.8 Å². The first kappa shape index (κ1) is 17.2. The number of hydrogen-bond donors (Lipinski definition) is 1. The zero-order valence-corrected chi connectivity index (χ0v) is 14.2. The van der Waals surface area contributed by atoms with E-state index in [2.05, 4.69) is 10.4 Å². The molecule has 132 valence electrons. The van der Waals surface area contributed by atoms with Crippen molar-refractivity contribution in [1.82, 2.24) is 14.7 Å². The third kappa shape index (κ3) is 3.56. The van der Waals surface area contributed by atoms with E-state index < -0.39 is 5.54 Å². The summed E-state index contributed by atoms with van der Waals surface area (Å²) in [5.41, 5.74) is -0.0552. The van der Waals surface area contributed by atoms with Crippen LogP contribution in [0.4, 0.5) is 5.69 Å². The van der Waals surface area contributed by atoms with E-state index in [1.807, 2.05) is 30.3 Å². The highest BCUT2D eigenvalue weighted by molar-refractivity contribution is 5.96. The molecule has 2 amide bonds. The first-order chi connectivity index (χ1) is 12.2. The molecule has 0 atom stereocenters. The first-order valence-electron chi connectivity index (χ1n) is 8.29. The van der Waals surface area contributed by atoms with Crippen molar-refractivity contribution in [1.29, 1.82) is 0 Å². The summed E-state index contributed by atoms with van der Waals surface area (Å²) < 4.78 is 6.63. The molecule has 0 aliphatic carbocycles. The Morgan fingerprint density at radius 2 is 1.92 bits per heavy atom. The van der Waals surface area contributed by atoms with Crippen LogP contribution in [-0.4, -0.2) is 53.3 Å². The molecule has 1 saturated heterocycles. The number of methoxy groups -OCH3 is 1. The number of amides is 2. The Kier molecular flexibility index (Phi) is 5.14. The second kappa shape index (κ2) is 7.48. The predicted molar refractivity (Wildman–Crippen MR) is 93.0 cm³/mol. The molecule has 1 aromatic carbocycles. The van der Waals surface area contributed by atoms with Crippen LogP contribution in [0.25, 0.3) is 0 Å². The number of para-hydroxylation sites is 1. The number of hydrogen-bond acceptors (Lipinski definition) is 4. The quantitative estimate of drug-likeness (QED) is 0.893. The molecule has 0 bridgehead atoms. The normalized spacial score (nSPS) is 16.4. The number of piperidine rings is 1. The van der Waals surface area contributed by atoms with Gasteiger partial charge in [-0.15, -0.1) is 0 Å². The Bertz CT molecular complexity index is 707. The fourth-order valence-electron chi connectivity index (χ4n) is 3.19. The van der Waals surface area contributed by atoms with Crippen LogP contribution in [0.1, 0.15) is 12.8 Å². The summed E-state index contributed by atoms with van der Waals surface area (Å²) in [6.45, 7) is 1.04. The van der Waals surface area contributed by atoms with E-state index in [-0.39, 0.29) is 18.4 Å². The summed E-state index contributed by atoms with van der Waals surface area (Å²) in [6, 6.07) is 11.2. The van der Waals surface area contributed by atoms with Gasteiger partial charge < -0.3 is 15.0 Å². The Balaban J connectivity index is 1.79. The minimum atomic E-state index is -0.802. The number of anilines is 1. The van der Waals surface area contributed by atoms with E-state index in [0.29, 0.717) is 25.9 Å². The number of nitrogens with zero attached hydrogens (tertiary/aromatic N) is 3. The van der Waals surface area contributed by atoms with Gasteiger partial charge in [0.1, 0.15) is 12.1 Å². The van der Waals surface area contributed by atoms with Gasteiger partial charge in [-0.1, -0.05) is 18.2 Å². The van der Waals surface area contributed by atoms with Crippen LogP contribution in [-0.2, 0) is 19.9 Å². The van der Waals surface area contributed by atoms with Crippen molar-refractivity contribution in [3.8, 4) is 0 Å². The van der Waals surface area contributed by atoms with E-state index in [1.54, 1.807) is 28.0 Å². The molecule has 0 radical (unpaired) electrons. The van der Waals surface area contributed by atoms with Crippen molar-refractivity contribution in [2.45, 2.75) is 18.4 Å². The highest BCUT2D eigenvalue weighted by Gasteiger charge is 2.44. The third-order valence-corrected chi connectivity index (χ3v) is 4.61. The summed E-state index contributed by atoms with van der Waals surface area (Å²) >= 11 is 0. The van der Waals surface area contributed by atoms with Crippen LogP contribution in [0.15, 0.2) is 48.8 Å². The van der Waals surface area contributed by atoms with Crippen LogP contribution in [0.3, 0.4) is 0 Å². The van der Waals surface area contributed by atoms with Crippen molar-refractivity contribution >= 4 is 17.5 Å². The molecule has 1 aliphatic heterocycles. The maximum Gasteiger partial charge on any atom is 0.252 e. The molecule has 3 rings (SSSR count). The van der Waals surface area contributed by atoms with Gasteiger partial charge in [-0.2, -0.15) is 5.10 Å². The summed E-state index contributed by atoms with van der Waals surface area (Å²) in [5, 5.41) is 7.29. The number of benzene rings is 1. The Morgan fingerprint density at radius 1 is 1.20 bits per heavy atom. The van der Waals surface area contributed by atoms with Gasteiger partial charge in [0.2, 0.25) is 5.91 Å². The minimum Gasteiger partial charge on any atom is -0.375 e. The van der Waals surface area contributed by atoms with Crippen molar-refractivity contribution < 1.29 is 14.3 Å². The molecule has 2 heterocycles. The minimum absolute atomic E-state index is 0.0555. The predicted octanol–water partition coefficient (Wildman–Crippen LogP) is 1.49. The number of nitrogens with one attached hydrogen (secondary N) is 1. The van der Waals surface area contributed by atoms with Gasteiger partial charge in [-0.05, 0) is 31.0 Å². The average molecular weight is 342 g/mol. The lowest BCUT2D eigenvalue weighted by Gasteiger charge is -2.40. The molecule has 25 heavy (non-hydrogen) atoms. The van der Waals surface area contributed by atoms with Gasteiger partial charge in [0.05, 0.1) is 0 Å². The molecule has 0 saturated carbocycles. The standard InChI is InChI=1S/C18H22N4O3/c1-25-14-16(23)21-12-8-18(9-13-21,22-11-5-10-19-22)17(24)20-15-6-3-2-4-7-15/h2-7,10-11H,8-9,12-14H2,1H3,(H,20,24). The lowest BCUT2D eigenvalue weighted by atomic mass is 9.86. The molecular weight excluding hydrogens is 320 g/mol. The second-order valence-corrected chi connectivity index (χ2v) is 6.12. The van der Waals surface area contributed by atoms with Gasteiger partial charge >= 0.3 is 0 Å². The second-order valence-electron chi connectivity index (χ2n) is 6.12. The van der Waals surface area contributed by atoms with Gasteiger partial charge in [-0.3, -0.25) is 14.3 Å². The number of carbonyl (C=O) groups excluding carboxylic acids is 2. The van der Waals surface area contributed by atoms with E-state index in [1.165, 1.54) is 7.11 Å². The maximum absolute atomic E-state index is 13.1. The summed E-state index contributed by atoms with van der Waals surface area (Å²) in [5.74, 6) is -0.165. The Labute approximate surface area is 146 Å². The highest BCUT2D eigenvalue weighted by atomic mass is 16.5. The van der Waals surface area contributed by atoms with E-state index in [9.17, 15) is 9.59 Å². The largest absolute Gasteiger partial charge is 0.375 e. The van der Waals surface area contributed by atoms with Gasteiger partial charge in [0.25, 0.3) is 5.91 Å². The topological polar surface area (TPSA) is 76.5 Å². The zero-order valence-electron chi connectivity index (χ0n) is 14.2. The summed E-state index contributed by atoms with van der Waals surface area (Å²) in [7, 11) is 1.50. The molecule has 1 fully saturated rings. The fraction of sp³-hybridized carbons (Fsp3) is 0.389. The maximum atomic E-state index is 13.1. The molecule has 7 heteroatoms. The Hall–Kier alpha value is -2.67. The lowest BCUT2D eigenvalue weighted by Crippen LogP contribution is -2.54. The monoisotopic (exact) mass is 342 g/mol. The lowest BCUT2D eigenvalue weighted by molar-refractivity contribution is -0.140. The first-order valence-corrected chi connectivity index (χ1v) is 8.29. The van der Waals surface area contributed by atoms with E-state index in [0.717, 1.165) is 5.69 Å². The fourth-order valence-corrected chi connectivity index (χ4v) is 3.19. The molecule has 1 aromatic heterocycles. The van der Waals surface area contributed by atoms with Gasteiger partial charge in [0, 0.05) is 38.3 Å². The van der Waals surface area contributed by atoms with E-state index >= 15 is 0 Å². The molecule has 2 aromatic rings. The zero-order chi connectivity index (χ0) is 17.7. The highest BCUT2D eigenvalue weighted by Crippen LogP contribution is 2.31. The summed E-state index contributed by atoms with van der Waals surface area (Å²) in [4.78, 5) is 26.9. The van der Waals surface area contributed by atoms with Gasteiger partial charge in [0.15, 0.2) is 0 Å². The molecule has 0 spiro atoms.